The highest BCUT2D eigenvalue weighted by molar-refractivity contribution is 5.85. The summed E-state index contributed by atoms with van der Waals surface area (Å²) in [5, 5.41) is 0. The van der Waals surface area contributed by atoms with Crippen molar-refractivity contribution >= 4 is 11.8 Å². The predicted octanol–water partition coefficient (Wildman–Crippen LogP) is 0.871. The van der Waals surface area contributed by atoms with Gasteiger partial charge < -0.3 is 10.6 Å². The molecule has 2 amide bonds. The second-order valence-electron chi connectivity index (χ2n) is 4.04. The van der Waals surface area contributed by atoms with Crippen molar-refractivity contribution < 1.29 is 9.59 Å². The molecule has 0 aliphatic rings. The highest BCUT2D eigenvalue weighted by Crippen LogP contribution is 2.06. The number of amides is 2. The van der Waals surface area contributed by atoms with E-state index in [1.807, 2.05) is 38.1 Å². The van der Waals surface area contributed by atoms with E-state index in [9.17, 15) is 9.59 Å². The molecule has 4 heteroatoms. The molecule has 1 aromatic carbocycles. The van der Waals surface area contributed by atoms with Crippen LogP contribution in [0.3, 0.4) is 0 Å². The second kappa shape index (κ2) is 6.03. The Morgan fingerprint density at radius 1 is 1.35 bits per heavy atom. The minimum absolute atomic E-state index is 0.0127. The lowest BCUT2D eigenvalue weighted by atomic mass is 10.1. The largest absolute Gasteiger partial charge is 0.368 e. The summed E-state index contributed by atoms with van der Waals surface area (Å²) >= 11 is 0. The first-order chi connectivity index (χ1) is 8.02. The molecule has 0 heterocycles. The first kappa shape index (κ1) is 13.2. The molecule has 0 aromatic heterocycles. The molecule has 0 unspecified atom stereocenters. The van der Waals surface area contributed by atoms with Crippen molar-refractivity contribution in [2.75, 3.05) is 13.1 Å². The third-order valence-corrected chi connectivity index (χ3v) is 2.52. The number of nitrogens with zero attached hydrogens (tertiary/aromatic N) is 1. The number of rotatable bonds is 5. The summed E-state index contributed by atoms with van der Waals surface area (Å²) in [5.74, 6) is -0.554. The maximum Gasteiger partial charge on any atom is 0.237 e. The van der Waals surface area contributed by atoms with Crippen LogP contribution in [0.5, 0.6) is 0 Å². The number of carbonyl (C=O) groups excluding carboxylic acids is 2. The summed E-state index contributed by atoms with van der Waals surface area (Å²) in [4.78, 5) is 24.2. The average Bonchev–Trinajstić information content (AvgIpc) is 2.25. The van der Waals surface area contributed by atoms with Crippen molar-refractivity contribution in [1.82, 2.24) is 4.90 Å². The van der Waals surface area contributed by atoms with Gasteiger partial charge in [0.25, 0.3) is 0 Å². The Bertz CT molecular complexity index is 416. The lowest BCUT2D eigenvalue weighted by Gasteiger charge is -2.19. The number of nitrogens with two attached hydrogens (primary N) is 1. The van der Waals surface area contributed by atoms with E-state index in [1.165, 1.54) is 4.90 Å². The van der Waals surface area contributed by atoms with Crippen LogP contribution in [0.25, 0.3) is 0 Å². The Hall–Kier alpha value is -1.84. The summed E-state index contributed by atoms with van der Waals surface area (Å²) in [5.41, 5.74) is 7.17. The van der Waals surface area contributed by atoms with Gasteiger partial charge in [0.2, 0.25) is 11.8 Å². The maximum atomic E-state index is 11.9. The monoisotopic (exact) mass is 234 g/mol. The van der Waals surface area contributed by atoms with Crippen LogP contribution >= 0.6 is 0 Å². The Balaban J connectivity index is 2.67. The van der Waals surface area contributed by atoms with Crippen molar-refractivity contribution in [3.63, 3.8) is 0 Å². The molecule has 0 saturated heterocycles. The Morgan fingerprint density at radius 3 is 2.59 bits per heavy atom. The minimum atomic E-state index is -0.482. The molecular weight excluding hydrogens is 216 g/mol. The SMILES string of the molecule is CCN(CC(N)=O)C(=O)Cc1cccc(C)c1. The van der Waals surface area contributed by atoms with Gasteiger partial charge in [-0.05, 0) is 19.4 Å². The van der Waals surface area contributed by atoms with Crippen LogP contribution in [-0.4, -0.2) is 29.8 Å². The van der Waals surface area contributed by atoms with Gasteiger partial charge in [-0.1, -0.05) is 29.8 Å². The molecular formula is C13H18N2O2. The topological polar surface area (TPSA) is 63.4 Å². The molecule has 0 aliphatic carbocycles. The number of aryl methyl sites for hydroxylation is 1. The molecule has 0 aliphatic heterocycles. The van der Waals surface area contributed by atoms with Gasteiger partial charge in [0, 0.05) is 6.54 Å². The molecule has 1 aromatic rings. The molecule has 0 spiro atoms. The number of primary amides is 1. The molecule has 0 fully saturated rings. The van der Waals surface area contributed by atoms with Crippen molar-refractivity contribution in [1.29, 1.82) is 0 Å². The number of hydrogen-bond donors (Lipinski definition) is 1. The van der Waals surface area contributed by atoms with Gasteiger partial charge in [-0.2, -0.15) is 0 Å². The fraction of sp³-hybridized carbons (Fsp3) is 0.385. The molecule has 0 radical (unpaired) electrons. The zero-order chi connectivity index (χ0) is 12.8. The second-order valence-corrected chi connectivity index (χ2v) is 4.04. The van der Waals surface area contributed by atoms with E-state index >= 15 is 0 Å². The fourth-order valence-corrected chi connectivity index (χ4v) is 1.67. The molecule has 2 N–H and O–H groups in total. The normalized spacial score (nSPS) is 10.0. The lowest BCUT2D eigenvalue weighted by Crippen LogP contribution is -2.39. The molecule has 0 atom stereocenters. The van der Waals surface area contributed by atoms with Crippen molar-refractivity contribution in [2.45, 2.75) is 20.3 Å². The zero-order valence-electron chi connectivity index (χ0n) is 10.3. The summed E-state index contributed by atoms with van der Waals surface area (Å²) in [6.45, 7) is 4.29. The Kier molecular flexibility index (Phi) is 4.69. The Labute approximate surface area is 101 Å². The maximum absolute atomic E-state index is 11.9. The highest BCUT2D eigenvalue weighted by atomic mass is 16.2. The summed E-state index contributed by atoms with van der Waals surface area (Å²) < 4.78 is 0. The van der Waals surface area contributed by atoms with Crippen molar-refractivity contribution in [3.8, 4) is 0 Å². The van der Waals surface area contributed by atoms with Crippen LogP contribution in [0.4, 0.5) is 0 Å². The van der Waals surface area contributed by atoms with Gasteiger partial charge in [0.15, 0.2) is 0 Å². The van der Waals surface area contributed by atoms with Gasteiger partial charge in [0.05, 0.1) is 13.0 Å². The first-order valence-corrected chi connectivity index (χ1v) is 5.64. The van der Waals surface area contributed by atoms with E-state index in [4.69, 9.17) is 5.73 Å². The highest BCUT2D eigenvalue weighted by Gasteiger charge is 2.14. The van der Waals surface area contributed by atoms with E-state index in [2.05, 4.69) is 0 Å². The number of benzene rings is 1. The number of hydrogen-bond acceptors (Lipinski definition) is 2. The van der Waals surface area contributed by atoms with E-state index in [-0.39, 0.29) is 12.5 Å². The third kappa shape index (κ3) is 4.26. The van der Waals surface area contributed by atoms with E-state index in [0.29, 0.717) is 13.0 Å². The molecule has 4 nitrogen and oxygen atoms in total. The quantitative estimate of drug-likeness (QED) is 0.821. The van der Waals surface area contributed by atoms with Gasteiger partial charge in [-0.25, -0.2) is 0 Å². The first-order valence-electron chi connectivity index (χ1n) is 5.64. The van der Waals surface area contributed by atoms with Crippen LogP contribution in [0.1, 0.15) is 18.1 Å². The van der Waals surface area contributed by atoms with Crippen LogP contribution in [0.2, 0.25) is 0 Å². The van der Waals surface area contributed by atoms with E-state index < -0.39 is 5.91 Å². The minimum Gasteiger partial charge on any atom is -0.368 e. The smallest absolute Gasteiger partial charge is 0.237 e. The fourth-order valence-electron chi connectivity index (χ4n) is 1.67. The average molecular weight is 234 g/mol. The predicted molar refractivity (Wildman–Crippen MR) is 66.3 cm³/mol. The standard InChI is InChI=1S/C13H18N2O2/c1-3-15(9-12(14)16)13(17)8-11-6-4-5-10(2)7-11/h4-7H,3,8-9H2,1-2H3,(H2,14,16). The van der Waals surface area contributed by atoms with Crippen molar-refractivity contribution in [2.24, 2.45) is 5.73 Å². The number of carbonyl (C=O) groups is 2. The summed E-state index contributed by atoms with van der Waals surface area (Å²) in [7, 11) is 0. The zero-order valence-corrected chi connectivity index (χ0v) is 10.3. The molecule has 1 rings (SSSR count). The Morgan fingerprint density at radius 2 is 2.06 bits per heavy atom. The third-order valence-electron chi connectivity index (χ3n) is 2.52. The van der Waals surface area contributed by atoms with E-state index in [1.54, 1.807) is 0 Å². The molecule has 92 valence electrons. The van der Waals surface area contributed by atoms with Gasteiger partial charge >= 0.3 is 0 Å². The van der Waals surface area contributed by atoms with Gasteiger partial charge in [-0.15, -0.1) is 0 Å². The molecule has 17 heavy (non-hydrogen) atoms. The van der Waals surface area contributed by atoms with Crippen LogP contribution in [0.15, 0.2) is 24.3 Å². The summed E-state index contributed by atoms with van der Waals surface area (Å²) in [6.07, 6.45) is 0.308. The van der Waals surface area contributed by atoms with Crippen LogP contribution in [0, 0.1) is 6.92 Å². The lowest BCUT2D eigenvalue weighted by molar-refractivity contribution is -0.134. The molecule has 0 bridgehead atoms. The molecule has 0 saturated carbocycles. The van der Waals surface area contributed by atoms with Crippen LogP contribution < -0.4 is 5.73 Å². The summed E-state index contributed by atoms with van der Waals surface area (Å²) in [6, 6.07) is 7.77. The van der Waals surface area contributed by atoms with Gasteiger partial charge in [0.1, 0.15) is 0 Å². The number of likely N-dealkylation sites (N-methyl/N-ethyl adjacent to an activating group) is 1. The van der Waals surface area contributed by atoms with Crippen molar-refractivity contribution in [3.05, 3.63) is 35.4 Å². The van der Waals surface area contributed by atoms with Crippen LogP contribution in [-0.2, 0) is 16.0 Å². The van der Waals surface area contributed by atoms with Gasteiger partial charge in [-0.3, -0.25) is 9.59 Å². The van der Waals surface area contributed by atoms with E-state index in [0.717, 1.165) is 11.1 Å².